The van der Waals surface area contributed by atoms with Crippen LogP contribution in [0.1, 0.15) is 48.1 Å². The number of carbonyl (C=O) groups is 2. The Bertz CT molecular complexity index is 1280. The molecule has 0 fully saturated rings. The Morgan fingerprint density at radius 1 is 1.19 bits per heavy atom. The second kappa shape index (κ2) is 12.0. The highest BCUT2D eigenvalue weighted by atomic mass is 35.5. The Hall–Kier alpha value is -3.44. The number of aryl methyl sites for hydroxylation is 1. The van der Waals surface area contributed by atoms with Gasteiger partial charge in [-0.2, -0.15) is 0 Å². The van der Waals surface area contributed by atoms with Crippen LogP contribution < -0.4 is 10.6 Å². The maximum atomic E-state index is 12.9. The van der Waals surface area contributed by atoms with E-state index in [4.69, 9.17) is 11.6 Å². The molecule has 2 aromatic carbocycles. The van der Waals surface area contributed by atoms with Crippen molar-refractivity contribution in [2.75, 3.05) is 11.1 Å². The average molecular weight is 531 g/mol. The van der Waals surface area contributed by atoms with Gasteiger partial charge in [-0.25, -0.2) is 0 Å². The van der Waals surface area contributed by atoms with Gasteiger partial charge in [-0.1, -0.05) is 49.3 Å². The van der Waals surface area contributed by atoms with E-state index in [2.05, 4.69) is 20.8 Å². The van der Waals surface area contributed by atoms with Gasteiger partial charge in [-0.15, -0.1) is 10.2 Å². The summed E-state index contributed by atoms with van der Waals surface area (Å²) < 4.78 is 1.76. The Labute approximate surface area is 218 Å². The molecule has 0 unspecified atom stereocenters. The first kappa shape index (κ1) is 27.2. The molecular weight excluding hydrogens is 504 g/mol. The van der Waals surface area contributed by atoms with Crippen molar-refractivity contribution in [1.29, 1.82) is 0 Å². The van der Waals surface area contributed by atoms with Gasteiger partial charge in [0.1, 0.15) is 0 Å². The fourth-order valence-corrected chi connectivity index (χ4v) is 4.49. The summed E-state index contributed by atoms with van der Waals surface area (Å²) in [5.41, 5.74) is 1.44. The zero-order valence-electron chi connectivity index (χ0n) is 20.3. The van der Waals surface area contributed by atoms with Crippen molar-refractivity contribution < 1.29 is 14.5 Å². The van der Waals surface area contributed by atoms with Crippen molar-refractivity contribution in [2.24, 2.45) is 13.0 Å². The van der Waals surface area contributed by atoms with E-state index >= 15 is 0 Å². The van der Waals surface area contributed by atoms with Crippen LogP contribution in [0.15, 0.2) is 47.6 Å². The molecule has 10 nitrogen and oxygen atoms in total. The Kier molecular flexibility index (Phi) is 9.05. The number of nitrogens with zero attached hydrogens (tertiary/aromatic N) is 4. The van der Waals surface area contributed by atoms with Crippen LogP contribution in [0.25, 0.3) is 0 Å². The molecule has 1 aromatic heterocycles. The molecule has 0 radical (unpaired) electrons. The number of hydrogen-bond acceptors (Lipinski definition) is 7. The lowest BCUT2D eigenvalue weighted by molar-refractivity contribution is -0.384. The minimum Gasteiger partial charge on any atom is -0.342 e. The molecule has 0 aliphatic rings. The summed E-state index contributed by atoms with van der Waals surface area (Å²) in [6.07, 6.45) is 0.632. The lowest BCUT2D eigenvalue weighted by atomic mass is 10.0. The average Bonchev–Trinajstić information content (AvgIpc) is 3.18. The number of non-ortho nitro benzene ring substituents is 1. The first-order valence-electron chi connectivity index (χ1n) is 11.2. The number of halogens is 1. The largest absolute Gasteiger partial charge is 0.342 e. The number of nitrogens with one attached hydrogen (secondary N) is 2. The molecule has 0 saturated carbocycles. The van der Waals surface area contributed by atoms with Crippen LogP contribution in [0.4, 0.5) is 11.4 Å². The van der Waals surface area contributed by atoms with Gasteiger partial charge in [0.2, 0.25) is 5.91 Å². The van der Waals surface area contributed by atoms with Crippen LogP contribution in [0.3, 0.4) is 0 Å². The second-order valence-electron chi connectivity index (χ2n) is 8.63. The third kappa shape index (κ3) is 6.82. The van der Waals surface area contributed by atoms with E-state index in [0.717, 1.165) is 0 Å². The van der Waals surface area contributed by atoms with Gasteiger partial charge in [-0.05, 0) is 43.0 Å². The fraction of sp³-hybridized carbons (Fsp3) is 0.333. The molecule has 1 heterocycles. The molecule has 0 aliphatic carbocycles. The lowest BCUT2D eigenvalue weighted by Gasteiger charge is -2.20. The predicted molar refractivity (Wildman–Crippen MR) is 139 cm³/mol. The SMILES string of the molecule is Cc1cc([N+](=O)[O-])ccc1NC(=O)CSc1nnc([C@H](CC(C)C)NC(=O)c2ccccc2Cl)n1C. The van der Waals surface area contributed by atoms with E-state index in [1.165, 1.54) is 30.0 Å². The van der Waals surface area contributed by atoms with E-state index in [0.29, 0.717) is 39.2 Å². The summed E-state index contributed by atoms with van der Waals surface area (Å²) in [6, 6.07) is 10.7. The topological polar surface area (TPSA) is 132 Å². The highest BCUT2D eigenvalue weighted by molar-refractivity contribution is 7.99. The Balaban J connectivity index is 1.68. The van der Waals surface area contributed by atoms with E-state index in [9.17, 15) is 19.7 Å². The number of aromatic nitrogens is 3. The normalized spacial score (nSPS) is 11.8. The molecule has 2 N–H and O–H groups in total. The maximum absolute atomic E-state index is 12.9. The zero-order valence-corrected chi connectivity index (χ0v) is 21.9. The number of thioether (sulfide) groups is 1. The van der Waals surface area contributed by atoms with Crippen LogP contribution in [-0.4, -0.2) is 37.3 Å². The summed E-state index contributed by atoms with van der Waals surface area (Å²) in [5, 5.41) is 26.1. The number of rotatable bonds is 10. The van der Waals surface area contributed by atoms with Gasteiger partial charge >= 0.3 is 0 Å². The van der Waals surface area contributed by atoms with Crippen LogP contribution in [0.5, 0.6) is 0 Å². The van der Waals surface area contributed by atoms with Crippen molar-refractivity contribution >= 4 is 46.6 Å². The van der Waals surface area contributed by atoms with Crippen LogP contribution >= 0.6 is 23.4 Å². The van der Waals surface area contributed by atoms with Gasteiger partial charge in [0.05, 0.1) is 27.3 Å². The Morgan fingerprint density at radius 3 is 2.56 bits per heavy atom. The molecule has 0 bridgehead atoms. The van der Waals surface area contributed by atoms with Gasteiger partial charge in [-0.3, -0.25) is 19.7 Å². The third-order valence-corrected chi connectivity index (χ3v) is 6.69. The Morgan fingerprint density at radius 2 is 1.92 bits per heavy atom. The molecule has 0 saturated heterocycles. The quantitative estimate of drug-likeness (QED) is 0.215. The highest BCUT2D eigenvalue weighted by Gasteiger charge is 2.24. The number of benzene rings is 2. The summed E-state index contributed by atoms with van der Waals surface area (Å²) in [7, 11) is 1.78. The molecule has 0 spiro atoms. The lowest BCUT2D eigenvalue weighted by Crippen LogP contribution is -2.31. The molecule has 3 aromatic rings. The number of amides is 2. The first-order valence-corrected chi connectivity index (χ1v) is 12.6. The molecule has 190 valence electrons. The zero-order chi connectivity index (χ0) is 26.4. The molecule has 36 heavy (non-hydrogen) atoms. The van der Waals surface area contributed by atoms with Crippen molar-refractivity contribution in [3.63, 3.8) is 0 Å². The molecule has 0 aliphatic heterocycles. The standard InChI is InChI=1S/C24H27ClN6O4S/c1-14(2)11-20(27-23(33)17-7-5-6-8-18(17)25)22-28-29-24(30(22)4)36-13-21(32)26-19-10-9-16(31(34)35)12-15(19)3/h5-10,12,14,20H,11,13H2,1-4H3,(H,26,32)(H,27,33)/t20-/m0/s1. The van der Waals surface area contributed by atoms with Gasteiger partial charge < -0.3 is 15.2 Å². The van der Waals surface area contributed by atoms with Crippen molar-refractivity contribution in [1.82, 2.24) is 20.1 Å². The summed E-state index contributed by atoms with van der Waals surface area (Å²) in [5.74, 6) is 0.306. The van der Waals surface area contributed by atoms with E-state index < -0.39 is 11.0 Å². The van der Waals surface area contributed by atoms with Crippen molar-refractivity contribution in [2.45, 2.75) is 38.4 Å². The molecule has 3 rings (SSSR count). The minimum absolute atomic E-state index is 0.0379. The van der Waals surface area contributed by atoms with Crippen LogP contribution in [-0.2, 0) is 11.8 Å². The minimum atomic E-state index is -0.483. The monoisotopic (exact) mass is 530 g/mol. The van der Waals surface area contributed by atoms with Crippen LogP contribution in [0, 0.1) is 23.0 Å². The van der Waals surface area contributed by atoms with Gasteiger partial charge in [0.25, 0.3) is 11.6 Å². The smallest absolute Gasteiger partial charge is 0.269 e. The number of hydrogen-bond donors (Lipinski definition) is 2. The second-order valence-corrected chi connectivity index (χ2v) is 9.98. The van der Waals surface area contributed by atoms with Gasteiger partial charge in [0.15, 0.2) is 11.0 Å². The highest BCUT2D eigenvalue weighted by Crippen LogP contribution is 2.26. The summed E-state index contributed by atoms with van der Waals surface area (Å²) >= 11 is 7.38. The number of carbonyl (C=O) groups excluding carboxylic acids is 2. The maximum Gasteiger partial charge on any atom is 0.269 e. The van der Waals surface area contributed by atoms with Crippen molar-refractivity contribution in [3.8, 4) is 0 Å². The third-order valence-electron chi connectivity index (χ3n) is 5.34. The number of nitro benzene ring substituents is 1. The number of anilines is 1. The first-order chi connectivity index (χ1) is 17.1. The predicted octanol–water partition coefficient (Wildman–Crippen LogP) is 4.93. The molecular formula is C24H27ClN6O4S. The fourth-order valence-electron chi connectivity index (χ4n) is 3.55. The van der Waals surface area contributed by atoms with E-state index in [-0.39, 0.29) is 29.2 Å². The molecule has 2 amide bonds. The van der Waals surface area contributed by atoms with Gasteiger partial charge in [0, 0.05) is 24.9 Å². The molecule has 12 heteroatoms. The summed E-state index contributed by atoms with van der Waals surface area (Å²) in [6.45, 7) is 5.78. The number of nitro groups is 1. The van der Waals surface area contributed by atoms with E-state index in [1.54, 1.807) is 42.8 Å². The van der Waals surface area contributed by atoms with Crippen molar-refractivity contribution in [3.05, 3.63) is 74.6 Å². The summed E-state index contributed by atoms with van der Waals surface area (Å²) in [4.78, 5) is 35.8. The molecule has 1 atom stereocenters. The van der Waals surface area contributed by atoms with Crippen LogP contribution in [0.2, 0.25) is 5.02 Å². The van der Waals surface area contributed by atoms with E-state index in [1.807, 2.05) is 13.8 Å².